The summed E-state index contributed by atoms with van der Waals surface area (Å²) in [7, 11) is 0. The molecular weight excluding hydrogens is 446 g/mol. The normalized spacial score (nSPS) is 10.6. The van der Waals surface area contributed by atoms with E-state index in [4.69, 9.17) is 16.3 Å². The summed E-state index contributed by atoms with van der Waals surface area (Å²) in [5.41, 5.74) is 1.08. The zero-order valence-electron chi connectivity index (χ0n) is 17.4. The molecule has 4 aromatic rings. The number of carboxylic acids is 1. The molecule has 0 saturated heterocycles. The van der Waals surface area contributed by atoms with E-state index in [9.17, 15) is 14.7 Å². The molecule has 0 aliphatic carbocycles. The molecule has 0 aliphatic heterocycles. The van der Waals surface area contributed by atoms with Crippen molar-refractivity contribution < 1.29 is 14.6 Å². The molecule has 0 aliphatic rings. The summed E-state index contributed by atoms with van der Waals surface area (Å²) in [5.74, 6) is -0.238. The first kappa shape index (κ1) is 22.0. The number of carboxylic acid groups (broad SMARTS) is 1. The van der Waals surface area contributed by atoms with Crippen LogP contribution in [-0.4, -0.2) is 30.8 Å². The Labute approximate surface area is 193 Å². The van der Waals surface area contributed by atoms with Crippen molar-refractivity contribution in [1.29, 1.82) is 0 Å². The Morgan fingerprint density at radius 3 is 2.42 bits per heavy atom. The van der Waals surface area contributed by atoms with Crippen LogP contribution < -0.4 is 15.6 Å². The standard InChI is InChI=1S/C23H18ClN5O4/c1-14-2-11-20(28-27-14)33-18-9-7-17(8-10-18)26-23-25-12-19(22(31)32)21(30)29(23)13-15-3-5-16(24)6-4-15/h2-12H,13H2,1H3,(H,25,26)(H,31,32). The minimum atomic E-state index is -1.34. The number of nitrogens with one attached hydrogen (secondary N) is 1. The number of aromatic nitrogens is 4. The minimum absolute atomic E-state index is 0.111. The Kier molecular flexibility index (Phi) is 6.32. The smallest absolute Gasteiger partial charge is 0.342 e. The molecule has 2 heterocycles. The molecule has 2 aromatic heterocycles. The zero-order valence-corrected chi connectivity index (χ0v) is 18.2. The first-order valence-electron chi connectivity index (χ1n) is 9.82. The number of rotatable bonds is 7. The number of benzene rings is 2. The number of halogens is 1. The first-order chi connectivity index (χ1) is 15.9. The molecule has 0 unspecified atom stereocenters. The summed E-state index contributed by atoms with van der Waals surface area (Å²) in [6, 6.07) is 17.3. The van der Waals surface area contributed by atoms with Crippen LogP contribution in [0.1, 0.15) is 21.6 Å². The number of hydrogen-bond acceptors (Lipinski definition) is 7. The van der Waals surface area contributed by atoms with E-state index in [-0.39, 0.29) is 12.5 Å². The topological polar surface area (TPSA) is 119 Å². The SMILES string of the molecule is Cc1ccc(Oc2ccc(Nc3ncc(C(=O)O)c(=O)n3Cc3ccc(Cl)cc3)cc2)nn1. The molecule has 0 bridgehead atoms. The van der Waals surface area contributed by atoms with Crippen LogP contribution in [0.5, 0.6) is 11.6 Å². The second kappa shape index (κ2) is 9.49. The van der Waals surface area contributed by atoms with Crippen molar-refractivity contribution >= 4 is 29.2 Å². The van der Waals surface area contributed by atoms with E-state index in [2.05, 4.69) is 20.5 Å². The maximum Gasteiger partial charge on any atom is 0.342 e. The van der Waals surface area contributed by atoms with Crippen molar-refractivity contribution in [2.45, 2.75) is 13.5 Å². The molecule has 0 amide bonds. The van der Waals surface area contributed by atoms with Crippen molar-refractivity contribution in [3.8, 4) is 11.6 Å². The van der Waals surface area contributed by atoms with Gasteiger partial charge in [-0.05, 0) is 55.0 Å². The molecule has 2 N–H and O–H groups in total. The van der Waals surface area contributed by atoms with E-state index in [1.165, 1.54) is 4.57 Å². The van der Waals surface area contributed by atoms with E-state index in [1.54, 1.807) is 60.7 Å². The van der Waals surface area contributed by atoms with Gasteiger partial charge in [0.05, 0.1) is 18.4 Å². The lowest BCUT2D eigenvalue weighted by molar-refractivity contribution is 0.0693. The summed E-state index contributed by atoms with van der Waals surface area (Å²) in [6.45, 7) is 1.94. The Balaban J connectivity index is 1.59. The van der Waals surface area contributed by atoms with E-state index >= 15 is 0 Å². The molecule has 33 heavy (non-hydrogen) atoms. The third kappa shape index (κ3) is 5.34. The minimum Gasteiger partial charge on any atom is -0.477 e. The summed E-state index contributed by atoms with van der Waals surface area (Å²) >= 11 is 5.93. The molecule has 4 rings (SSSR count). The van der Waals surface area contributed by atoms with Crippen molar-refractivity contribution in [3.05, 3.63) is 99.1 Å². The summed E-state index contributed by atoms with van der Waals surface area (Å²) in [6.07, 6.45) is 1.04. The molecular formula is C23H18ClN5O4. The summed E-state index contributed by atoms with van der Waals surface area (Å²) < 4.78 is 6.93. The van der Waals surface area contributed by atoms with Crippen molar-refractivity contribution in [1.82, 2.24) is 19.7 Å². The first-order valence-corrected chi connectivity index (χ1v) is 10.2. The van der Waals surface area contributed by atoms with Crippen LogP contribution >= 0.6 is 11.6 Å². The van der Waals surface area contributed by atoms with Crippen LogP contribution in [0, 0.1) is 6.92 Å². The Morgan fingerprint density at radius 2 is 1.79 bits per heavy atom. The molecule has 9 nitrogen and oxygen atoms in total. The fourth-order valence-electron chi connectivity index (χ4n) is 2.96. The predicted molar refractivity (Wildman–Crippen MR) is 123 cm³/mol. The summed E-state index contributed by atoms with van der Waals surface area (Å²) in [5, 5.41) is 20.8. The van der Waals surface area contributed by atoms with Gasteiger partial charge in [0.1, 0.15) is 11.3 Å². The van der Waals surface area contributed by atoms with Crippen molar-refractivity contribution in [2.24, 2.45) is 0 Å². The van der Waals surface area contributed by atoms with Crippen LogP contribution in [0.2, 0.25) is 5.02 Å². The van der Waals surface area contributed by atoms with Gasteiger partial charge >= 0.3 is 5.97 Å². The van der Waals surface area contributed by atoms with Gasteiger partial charge in [-0.15, -0.1) is 5.10 Å². The Morgan fingerprint density at radius 1 is 1.06 bits per heavy atom. The van der Waals surface area contributed by atoms with E-state index in [0.29, 0.717) is 22.3 Å². The zero-order chi connectivity index (χ0) is 23.4. The molecule has 0 saturated carbocycles. The molecule has 0 spiro atoms. The predicted octanol–water partition coefficient (Wildman–Crippen LogP) is 4.28. The molecule has 0 atom stereocenters. The highest BCUT2D eigenvalue weighted by Crippen LogP contribution is 2.23. The number of aromatic carboxylic acids is 1. The highest BCUT2D eigenvalue weighted by molar-refractivity contribution is 6.30. The van der Waals surface area contributed by atoms with E-state index < -0.39 is 17.1 Å². The van der Waals surface area contributed by atoms with Crippen LogP contribution in [0.25, 0.3) is 0 Å². The molecule has 2 aromatic carbocycles. The van der Waals surface area contributed by atoms with Gasteiger partial charge < -0.3 is 15.2 Å². The number of carbonyl (C=O) groups is 1. The second-order valence-electron chi connectivity index (χ2n) is 7.08. The Hall–Kier alpha value is -4.24. The largest absolute Gasteiger partial charge is 0.477 e. The van der Waals surface area contributed by atoms with Crippen LogP contribution in [0.15, 0.2) is 71.7 Å². The van der Waals surface area contributed by atoms with Gasteiger partial charge in [-0.25, -0.2) is 9.78 Å². The number of aryl methyl sites for hydroxylation is 1. The average Bonchev–Trinajstić information content (AvgIpc) is 2.80. The van der Waals surface area contributed by atoms with E-state index in [1.807, 2.05) is 6.92 Å². The molecule has 0 fully saturated rings. The average molecular weight is 464 g/mol. The van der Waals surface area contributed by atoms with Gasteiger partial charge in [0.15, 0.2) is 0 Å². The van der Waals surface area contributed by atoms with Gasteiger partial charge in [0.2, 0.25) is 11.8 Å². The summed E-state index contributed by atoms with van der Waals surface area (Å²) in [4.78, 5) is 28.4. The number of ether oxygens (including phenoxy) is 1. The van der Waals surface area contributed by atoms with Crippen molar-refractivity contribution in [2.75, 3.05) is 5.32 Å². The van der Waals surface area contributed by atoms with E-state index in [0.717, 1.165) is 17.5 Å². The Bertz CT molecular complexity index is 1340. The lowest BCUT2D eigenvalue weighted by Gasteiger charge is -2.15. The quantitative estimate of drug-likeness (QED) is 0.417. The highest BCUT2D eigenvalue weighted by Gasteiger charge is 2.16. The highest BCUT2D eigenvalue weighted by atomic mass is 35.5. The second-order valence-corrected chi connectivity index (χ2v) is 7.52. The van der Waals surface area contributed by atoms with Gasteiger partial charge in [-0.1, -0.05) is 23.7 Å². The lowest BCUT2D eigenvalue weighted by atomic mass is 10.2. The van der Waals surface area contributed by atoms with Crippen LogP contribution in [0.4, 0.5) is 11.6 Å². The van der Waals surface area contributed by atoms with Crippen LogP contribution in [-0.2, 0) is 6.54 Å². The number of anilines is 2. The van der Waals surface area contributed by atoms with Gasteiger partial charge in [0, 0.05) is 16.8 Å². The van der Waals surface area contributed by atoms with Crippen LogP contribution in [0.3, 0.4) is 0 Å². The van der Waals surface area contributed by atoms with Gasteiger partial charge in [-0.3, -0.25) is 9.36 Å². The van der Waals surface area contributed by atoms with Gasteiger partial charge in [-0.2, -0.15) is 5.10 Å². The molecule has 10 heteroatoms. The fourth-order valence-corrected chi connectivity index (χ4v) is 3.08. The van der Waals surface area contributed by atoms with Crippen molar-refractivity contribution in [3.63, 3.8) is 0 Å². The molecule has 0 radical (unpaired) electrons. The fraction of sp³-hybridized carbons (Fsp3) is 0.0870. The maximum atomic E-state index is 12.8. The van der Waals surface area contributed by atoms with Gasteiger partial charge in [0.25, 0.3) is 5.56 Å². The number of nitrogens with zero attached hydrogens (tertiary/aromatic N) is 4. The lowest BCUT2D eigenvalue weighted by Crippen LogP contribution is -2.29. The maximum absolute atomic E-state index is 12.8. The molecule has 166 valence electrons. The third-order valence-corrected chi connectivity index (χ3v) is 4.89. The third-order valence-electron chi connectivity index (χ3n) is 4.64. The monoisotopic (exact) mass is 463 g/mol. The number of hydrogen-bond donors (Lipinski definition) is 2.